The van der Waals surface area contributed by atoms with Gasteiger partial charge in [-0.05, 0) is 15.9 Å². The van der Waals surface area contributed by atoms with Crippen molar-refractivity contribution < 1.29 is 17.9 Å². The van der Waals surface area contributed by atoms with Crippen LogP contribution in [0, 0.1) is 0 Å². The Morgan fingerprint density at radius 3 is 2.46 bits per heavy atom. The van der Waals surface area contributed by atoms with E-state index >= 15 is 0 Å². The smallest absolute Gasteiger partial charge is 0.418 e. The molecule has 0 aliphatic rings. The van der Waals surface area contributed by atoms with E-state index < -0.39 is 11.7 Å². The van der Waals surface area contributed by atoms with Crippen LogP contribution in [0.5, 0.6) is 5.88 Å². The van der Waals surface area contributed by atoms with Crippen LogP contribution in [0.15, 0.2) is 16.7 Å². The fourth-order valence-corrected chi connectivity index (χ4v) is 1.26. The first kappa shape index (κ1) is 10.3. The Labute approximate surface area is 80.9 Å². The van der Waals surface area contributed by atoms with E-state index in [1.54, 1.807) is 0 Å². The van der Waals surface area contributed by atoms with E-state index in [-0.39, 0.29) is 10.4 Å². The first-order valence-electron chi connectivity index (χ1n) is 3.22. The topological polar surface area (TPSA) is 22.1 Å². The highest BCUT2D eigenvalue weighted by Gasteiger charge is 2.33. The SMILES string of the molecule is COc1cc(Br)c(C(F)(F)F)cn1. The van der Waals surface area contributed by atoms with E-state index in [4.69, 9.17) is 0 Å². The predicted molar refractivity (Wildman–Crippen MR) is 43.5 cm³/mol. The Balaban J connectivity index is 3.13. The molecule has 0 aromatic carbocycles. The van der Waals surface area contributed by atoms with Crippen LogP contribution in [0.4, 0.5) is 13.2 Å². The van der Waals surface area contributed by atoms with Gasteiger partial charge in [0.2, 0.25) is 5.88 Å². The lowest BCUT2D eigenvalue weighted by Gasteiger charge is -2.08. The quantitative estimate of drug-likeness (QED) is 0.770. The van der Waals surface area contributed by atoms with Gasteiger partial charge in [-0.25, -0.2) is 4.98 Å². The lowest BCUT2D eigenvalue weighted by atomic mass is 10.3. The Bertz CT molecular complexity index is 313. The minimum Gasteiger partial charge on any atom is -0.481 e. The molecule has 6 heteroatoms. The standard InChI is InChI=1S/C7H5BrF3NO/c1-13-6-2-5(8)4(3-12-6)7(9,10)11/h2-3H,1H3. The van der Waals surface area contributed by atoms with Gasteiger partial charge in [0.05, 0.1) is 12.7 Å². The molecule has 0 aliphatic heterocycles. The van der Waals surface area contributed by atoms with E-state index in [1.807, 2.05) is 0 Å². The van der Waals surface area contributed by atoms with Crippen LogP contribution in [0.1, 0.15) is 5.56 Å². The van der Waals surface area contributed by atoms with E-state index in [1.165, 1.54) is 13.2 Å². The van der Waals surface area contributed by atoms with Crippen molar-refractivity contribution in [3.63, 3.8) is 0 Å². The van der Waals surface area contributed by atoms with E-state index in [0.29, 0.717) is 0 Å². The average Bonchev–Trinajstić information content (AvgIpc) is 2.01. The van der Waals surface area contributed by atoms with Crippen molar-refractivity contribution in [1.29, 1.82) is 0 Å². The largest absolute Gasteiger partial charge is 0.481 e. The predicted octanol–water partition coefficient (Wildman–Crippen LogP) is 2.87. The van der Waals surface area contributed by atoms with Crippen LogP contribution in [0.25, 0.3) is 0 Å². The zero-order valence-corrected chi connectivity index (χ0v) is 8.11. The monoisotopic (exact) mass is 255 g/mol. The fourth-order valence-electron chi connectivity index (χ4n) is 0.733. The molecule has 0 amide bonds. The molecule has 0 spiro atoms. The number of alkyl halides is 3. The number of methoxy groups -OCH3 is 1. The molecule has 1 aromatic heterocycles. The average molecular weight is 256 g/mol. The molecule has 0 N–H and O–H groups in total. The third kappa shape index (κ3) is 2.33. The van der Waals surface area contributed by atoms with Crippen LogP contribution in [-0.4, -0.2) is 12.1 Å². The second-order valence-electron chi connectivity index (χ2n) is 2.20. The van der Waals surface area contributed by atoms with Gasteiger partial charge in [-0.2, -0.15) is 13.2 Å². The maximum Gasteiger partial charge on any atom is 0.418 e. The highest BCUT2D eigenvalue weighted by atomic mass is 79.9. The molecule has 72 valence electrons. The van der Waals surface area contributed by atoms with Crippen LogP contribution < -0.4 is 4.74 Å². The lowest BCUT2D eigenvalue weighted by molar-refractivity contribution is -0.138. The molecule has 0 unspecified atom stereocenters. The molecule has 1 heterocycles. The molecular weight excluding hydrogens is 251 g/mol. The Kier molecular flexibility index (Phi) is 2.80. The van der Waals surface area contributed by atoms with Crippen molar-refractivity contribution >= 4 is 15.9 Å². The Morgan fingerprint density at radius 1 is 1.46 bits per heavy atom. The number of nitrogens with zero attached hydrogens (tertiary/aromatic N) is 1. The summed E-state index contributed by atoms with van der Waals surface area (Å²) < 4.78 is 41.1. The van der Waals surface area contributed by atoms with Gasteiger partial charge in [-0.3, -0.25) is 0 Å². The highest BCUT2D eigenvalue weighted by molar-refractivity contribution is 9.10. The number of rotatable bonds is 1. The lowest BCUT2D eigenvalue weighted by Crippen LogP contribution is -2.06. The highest BCUT2D eigenvalue weighted by Crippen LogP contribution is 2.35. The van der Waals surface area contributed by atoms with Crippen molar-refractivity contribution in [2.24, 2.45) is 0 Å². The summed E-state index contributed by atoms with van der Waals surface area (Å²) in [6.07, 6.45) is -3.67. The Hall–Kier alpha value is -0.780. The summed E-state index contributed by atoms with van der Waals surface area (Å²) in [5.74, 6) is 0.139. The molecule has 0 aliphatic carbocycles. The van der Waals surface area contributed by atoms with E-state index in [2.05, 4.69) is 25.7 Å². The maximum atomic E-state index is 12.2. The summed E-state index contributed by atoms with van der Waals surface area (Å²) in [7, 11) is 1.34. The number of ether oxygens (including phenoxy) is 1. The number of hydrogen-bond acceptors (Lipinski definition) is 2. The van der Waals surface area contributed by atoms with Crippen molar-refractivity contribution in [2.75, 3.05) is 7.11 Å². The first-order chi connectivity index (χ1) is 5.95. The van der Waals surface area contributed by atoms with Crippen LogP contribution in [0.2, 0.25) is 0 Å². The van der Waals surface area contributed by atoms with Gasteiger partial charge >= 0.3 is 6.18 Å². The third-order valence-corrected chi connectivity index (χ3v) is 2.00. The molecule has 1 rings (SSSR count). The van der Waals surface area contributed by atoms with Gasteiger partial charge in [0, 0.05) is 16.7 Å². The second-order valence-corrected chi connectivity index (χ2v) is 3.06. The molecule has 1 aromatic rings. The van der Waals surface area contributed by atoms with Crippen molar-refractivity contribution in [3.05, 3.63) is 22.3 Å². The van der Waals surface area contributed by atoms with Crippen LogP contribution in [-0.2, 0) is 6.18 Å². The van der Waals surface area contributed by atoms with Gasteiger partial charge in [0.15, 0.2) is 0 Å². The molecule has 0 fully saturated rings. The summed E-state index contributed by atoms with van der Waals surface area (Å²) >= 11 is 2.78. The van der Waals surface area contributed by atoms with Gasteiger partial charge < -0.3 is 4.74 Å². The van der Waals surface area contributed by atoms with Crippen molar-refractivity contribution in [1.82, 2.24) is 4.98 Å². The molecule has 0 bridgehead atoms. The first-order valence-corrected chi connectivity index (χ1v) is 4.01. The maximum absolute atomic E-state index is 12.2. The van der Waals surface area contributed by atoms with Crippen molar-refractivity contribution in [2.45, 2.75) is 6.18 Å². The minimum absolute atomic E-state index is 0.0770. The fraction of sp³-hybridized carbons (Fsp3) is 0.286. The summed E-state index contributed by atoms with van der Waals surface area (Å²) in [6, 6.07) is 1.17. The van der Waals surface area contributed by atoms with Gasteiger partial charge in [-0.1, -0.05) is 0 Å². The van der Waals surface area contributed by atoms with E-state index in [0.717, 1.165) is 6.20 Å². The molecule has 0 saturated carbocycles. The zero-order valence-electron chi connectivity index (χ0n) is 6.52. The molecule has 0 saturated heterocycles. The molecular formula is C7H5BrF3NO. The zero-order chi connectivity index (χ0) is 10.1. The summed E-state index contributed by atoms with van der Waals surface area (Å²) in [5.41, 5.74) is -0.812. The Morgan fingerprint density at radius 2 is 2.08 bits per heavy atom. The van der Waals surface area contributed by atoms with Crippen LogP contribution >= 0.6 is 15.9 Å². The normalized spacial score (nSPS) is 11.5. The van der Waals surface area contributed by atoms with Gasteiger partial charge in [0.25, 0.3) is 0 Å². The summed E-state index contributed by atoms with van der Waals surface area (Å²) in [6.45, 7) is 0. The molecule has 0 radical (unpaired) electrons. The molecule has 0 atom stereocenters. The number of hydrogen-bond donors (Lipinski definition) is 0. The molecule has 13 heavy (non-hydrogen) atoms. The second kappa shape index (κ2) is 3.53. The summed E-state index contributed by atoms with van der Waals surface area (Å²) in [4.78, 5) is 3.45. The van der Waals surface area contributed by atoms with Crippen LogP contribution in [0.3, 0.4) is 0 Å². The van der Waals surface area contributed by atoms with Gasteiger partial charge in [-0.15, -0.1) is 0 Å². The number of halogens is 4. The molecule has 2 nitrogen and oxygen atoms in total. The minimum atomic E-state index is -4.39. The van der Waals surface area contributed by atoms with Gasteiger partial charge in [0.1, 0.15) is 0 Å². The third-order valence-electron chi connectivity index (χ3n) is 1.34. The summed E-state index contributed by atoms with van der Waals surface area (Å²) in [5, 5.41) is 0. The number of pyridine rings is 1. The van der Waals surface area contributed by atoms with Crippen molar-refractivity contribution in [3.8, 4) is 5.88 Å². The van der Waals surface area contributed by atoms with E-state index in [9.17, 15) is 13.2 Å². The number of aromatic nitrogens is 1.